The van der Waals surface area contributed by atoms with Crippen LogP contribution in [0.2, 0.25) is 0 Å². The molecule has 0 radical (unpaired) electrons. The zero-order chi connectivity index (χ0) is 26.2. The van der Waals surface area contributed by atoms with Gasteiger partial charge in [0.2, 0.25) is 0 Å². The first kappa shape index (κ1) is 23.6. The van der Waals surface area contributed by atoms with Crippen molar-refractivity contribution in [3.8, 4) is 22.3 Å². The highest BCUT2D eigenvalue weighted by Gasteiger charge is 2.16. The number of fused-ring (bicyclic) bond motifs is 3. The lowest BCUT2D eigenvalue weighted by atomic mass is 9.85. The highest BCUT2D eigenvalue weighted by atomic mass is 79.9. The Morgan fingerprint density at radius 3 is 1.56 bits per heavy atom. The van der Waals surface area contributed by atoms with Crippen LogP contribution in [-0.4, -0.2) is 0 Å². The maximum Gasteiger partial charge on any atom is 0.0175 e. The van der Waals surface area contributed by atoms with E-state index in [1.54, 1.807) is 0 Å². The van der Waals surface area contributed by atoms with Crippen LogP contribution in [0, 0.1) is 0 Å². The smallest absolute Gasteiger partial charge is 0.0175 e. The van der Waals surface area contributed by atoms with Crippen LogP contribution in [0.15, 0.2) is 144 Å². The van der Waals surface area contributed by atoms with Crippen LogP contribution in [0.5, 0.6) is 0 Å². The lowest BCUT2D eigenvalue weighted by Gasteiger charge is -2.18. The molecule has 0 fully saturated rings. The second-order valence-electron chi connectivity index (χ2n) is 9.91. The highest BCUT2D eigenvalue weighted by Crippen LogP contribution is 2.44. The normalized spacial score (nSPS) is 11.6. The lowest BCUT2D eigenvalue weighted by Crippen LogP contribution is -1.91. The van der Waals surface area contributed by atoms with Crippen LogP contribution in [-0.2, 0) is 0 Å². The summed E-state index contributed by atoms with van der Waals surface area (Å²) < 4.78 is 1.09. The first-order valence-corrected chi connectivity index (χ1v) is 14.0. The van der Waals surface area contributed by atoms with Crippen molar-refractivity contribution in [2.24, 2.45) is 0 Å². The predicted octanol–water partition coefficient (Wildman–Crippen LogP) is 11.4. The van der Waals surface area contributed by atoms with E-state index in [9.17, 15) is 0 Å². The van der Waals surface area contributed by atoms with E-state index in [1.807, 2.05) is 0 Å². The van der Waals surface area contributed by atoms with Gasteiger partial charge in [-0.2, -0.15) is 0 Å². The summed E-state index contributed by atoms with van der Waals surface area (Å²) in [5.74, 6) is 0. The fourth-order valence-corrected chi connectivity index (χ4v) is 5.92. The number of halogens is 1. The molecule has 0 amide bonds. The van der Waals surface area contributed by atoms with E-state index in [-0.39, 0.29) is 0 Å². The van der Waals surface area contributed by atoms with Crippen LogP contribution in [0.3, 0.4) is 0 Å². The highest BCUT2D eigenvalue weighted by molar-refractivity contribution is 9.10. The quantitative estimate of drug-likeness (QED) is 0.148. The first-order chi connectivity index (χ1) is 19.2. The molecule has 0 N–H and O–H groups in total. The molecule has 39 heavy (non-hydrogen) atoms. The summed E-state index contributed by atoms with van der Waals surface area (Å²) in [6.45, 7) is 0. The van der Waals surface area contributed by atoms with Crippen LogP contribution >= 0.6 is 15.9 Å². The Bertz CT molecular complexity index is 1960. The molecule has 7 aromatic carbocycles. The van der Waals surface area contributed by atoms with Gasteiger partial charge < -0.3 is 0 Å². The van der Waals surface area contributed by atoms with Crippen molar-refractivity contribution in [3.63, 3.8) is 0 Å². The third kappa shape index (κ3) is 4.46. The Balaban J connectivity index is 1.44. The van der Waals surface area contributed by atoms with E-state index in [0.717, 1.165) is 4.47 Å². The van der Waals surface area contributed by atoms with Gasteiger partial charge in [-0.25, -0.2) is 0 Å². The number of benzene rings is 7. The second-order valence-corrected chi connectivity index (χ2v) is 10.8. The summed E-state index contributed by atoms with van der Waals surface area (Å²) in [4.78, 5) is 0. The molecule has 0 aliphatic heterocycles. The van der Waals surface area contributed by atoms with Crippen molar-refractivity contribution in [2.45, 2.75) is 0 Å². The van der Waals surface area contributed by atoms with E-state index in [1.165, 1.54) is 65.7 Å². The van der Waals surface area contributed by atoms with Gasteiger partial charge in [-0.15, -0.1) is 0 Å². The van der Waals surface area contributed by atoms with Gasteiger partial charge in [0.25, 0.3) is 0 Å². The van der Waals surface area contributed by atoms with Gasteiger partial charge in [0.05, 0.1) is 0 Å². The minimum absolute atomic E-state index is 1.09. The minimum atomic E-state index is 1.09. The van der Waals surface area contributed by atoms with Crippen molar-refractivity contribution in [1.29, 1.82) is 0 Å². The Morgan fingerprint density at radius 1 is 0.385 bits per heavy atom. The third-order valence-electron chi connectivity index (χ3n) is 7.48. The van der Waals surface area contributed by atoms with Crippen LogP contribution < -0.4 is 0 Å². The fourth-order valence-electron chi connectivity index (χ4n) is 5.66. The Hall–Kier alpha value is -4.46. The molecule has 7 rings (SSSR count). The fraction of sp³-hybridized carbons (Fsp3) is 0. The van der Waals surface area contributed by atoms with Gasteiger partial charge in [-0.3, -0.25) is 0 Å². The maximum atomic E-state index is 3.52. The van der Waals surface area contributed by atoms with Crippen molar-refractivity contribution in [3.05, 3.63) is 155 Å². The summed E-state index contributed by atoms with van der Waals surface area (Å²) in [5.41, 5.74) is 7.41. The van der Waals surface area contributed by atoms with Gasteiger partial charge in [0.1, 0.15) is 0 Å². The van der Waals surface area contributed by atoms with Crippen molar-refractivity contribution >= 4 is 60.4 Å². The summed E-state index contributed by atoms with van der Waals surface area (Å²) in [6.07, 6.45) is 4.37. The molecule has 0 unspecified atom stereocenters. The van der Waals surface area contributed by atoms with Crippen LogP contribution in [0.4, 0.5) is 0 Å². The van der Waals surface area contributed by atoms with E-state index in [2.05, 4.69) is 168 Å². The molecule has 0 spiro atoms. The summed E-state index contributed by atoms with van der Waals surface area (Å²) in [7, 11) is 0. The average Bonchev–Trinajstić information content (AvgIpc) is 2.99. The molecule has 0 saturated heterocycles. The topological polar surface area (TPSA) is 0 Å². The Kier molecular flexibility index (Phi) is 6.07. The molecular weight excluding hydrogens is 536 g/mol. The van der Waals surface area contributed by atoms with Gasteiger partial charge in [-0.1, -0.05) is 143 Å². The van der Waals surface area contributed by atoms with Crippen molar-refractivity contribution in [1.82, 2.24) is 0 Å². The van der Waals surface area contributed by atoms with Crippen molar-refractivity contribution in [2.75, 3.05) is 0 Å². The second kappa shape index (κ2) is 10.0. The van der Waals surface area contributed by atoms with Gasteiger partial charge in [0, 0.05) is 4.47 Å². The lowest BCUT2D eigenvalue weighted by molar-refractivity contribution is 1.61. The molecule has 0 heterocycles. The zero-order valence-electron chi connectivity index (χ0n) is 21.3. The van der Waals surface area contributed by atoms with Gasteiger partial charge >= 0.3 is 0 Å². The molecule has 0 aromatic heterocycles. The Morgan fingerprint density at radius 2 is 0.923 bits per heavy atom. The molecule has 0 saturated carbocycles. The minimum Gasteiger partial charge on any atom is -0.0616 e. The number of hydrogen-bond acceptors (Lipinski definition) is 0. The van der Waals surface area contributed by atoms with E-state index in [4.69, 9.17) is 0 Å². The monoisotopic (exact) mass is 560 g/mol. The molecule has 0 bridgehead atoms. The maximum absolute atomic E-state index is 3.52. The number of hydrogen-bond donors (Lipinski definition) is 0. The Labute approximate surface area is 237 Å². The SMILES string of the molecule is Brc1ccc(C=Cc2cccc(-c3c4ccccc4c(-c4ccc5ccccc5c4)c4ccccc34)c2)cc1. The van der Waals surface area contributed by atoms with Gasteiger partial charge in [0.15, 0.2) is 0 Å². The molecular formula is C38H25Br. The summed E-state index contributed by atoms with van der Waals surface area (Å²) >= 11 is 3.52. The zero-order valence-corrected chi connectivity index (χ0v) is 22.9. The third-order valence-corrected chi connectivity index (χ3v) is 8.01. The molecule has 0 aliphatic rings. The van der Waals surface area contributed by atoms with Gasteiger partial charge in [-0.05, 0) is 90.0 Å². The van der Waals surface area contributed by atoms with E-state index >= 15 is 0 Å². The van der Waals surface area contributed by atoms with Crippen LogP contribution in [0.25, 0.3) is 66.7 Å². The number of rotatable bonds is 4. The molecule has 7 aromatic rings. The average molecular weight is 562 g/mol. The standard InChI is InChI=1S/C38H25Br/c39-32-22-18-26(19-23-32)16-17-27-8-7-11-30(24-27)37-33-12-3-5-14-35(33)38(36-15-6-4-13-34(36)37)31-21-20-28-9-1-2-10-29(28)25-31/h1-25H. The predicted molar refractivity (Wildman–Crippen MR) is 173 cm³/mol. The molecule has 0 nitrogen and oxygen atoms in total. The van der Waals surface area contributed by atoms with Crippen molar-refractivity contribution < 1.29 is 0 Å². The first-order valence-electron chi connectivity index (χ1n) is 13.2. The van der Waals surface area contributed by atoms with E-state index < -0.39 is 0 Å². The summed E-state index contributed by atoms with van der Waals surface area (Å²) in [6, 6.07) is 50.4. The largest absolute Gasteiger partial charge is 0.0616 e. The summed E-state index contributed by atoms with van der Waals surface area (Å²) in [5, 5.41) is 7.62. The molecule has 0 atom stereocenters. The molecule has 184 valence electrons. The van der Waals surface area contributed by atoms with Crippen LogP contribution in [0.1, 0.15) is 11.1 Å². The van der Waals surface area contributed by atoms with E-state index in [0.29, 0.717) is 0 Å². The molecule has 0 aliphatic carbocycles. The molecule has 1 heteroatoms.